The smallest absolute Gasteiger partial charge is 0.329 e. The lowest BCUT2D eigenvalue weighted by atomic mass is 9.89. The maximum atomic E-state index is 13.3. The van der Waals surface area contributed by atoms with E-state index in [1.165, 1.54) is 0 Å². The zero-order valence-electron chi connectivity index (χ0n) is 18.2. The Bertz CT molecular complexity index is 1100. The van der Waals surface area contributed by atoms with Crippen LogP contribution in [0.4, 0.5) is 0 Å². The minimum absolute atomic E-state index is 0.187. The molecule has 3 rings (SSSR count). The third kappa shape index (κ3) is 5.19. The summed E-state index contributed by atoms with van der Waals surface area (Å²) in [6.07, 6.45) is 3.80. The summed E-state index contributed by atoms with van der Waals surface area (Å²) in [6, 6.07) is 14.6. The lowest BCUT2D eigenvalue weighted by Gasteiger charge is -2.30. The van der Waals surface area contributed by atoms with E-state index in [9.17, 15) is 14.7 Å². The molecule has 1 heterocycles. The Balaban J connectivity index is 1.97. The predicted octanol–water partition coefficient (Wildman–Crippen LogP) is 5.62. The fourth-order valence-corrected chi connectivity index (χ4v) is 3.74. The molecule has 0 aliphatic carbocycles. The quantitative estimate of drug-likeness (QED) is 0.388. The number of nitrogens with one attached hydrogen (secondary N) is 1. The number of carboxylic acids is 1. The van der Waals surface area contributed by atoms with E-state index < -0.39 is 17.4 Å². The van der Waals surface area contributed by atoms with Crippen molar-refractivity contribution in [1.82, 2.24) is 10.3 Å². The number of halogens is 1. The first-order valence-corrected chi connectivity index (χ1v) is 11.1. The zero-order valence-corrected chi connectivity index (χ0v) is 19.0. The van der Waals surface area contributed by atoms with Crippen LogP contribution in [0.5, 0.6) is 5.75 Å². The number of amides is 1. The SMILES string of the molecule is CCCCC(CC)(NC(=O)c1ccc2ccccc2c1OCc1ccc(Cl)nc1)C(=O)O. The third-order valence-corrected chi connectivity index (χ3v) is 5.84. The predicted molar refractivity (Wildman–Crippen MR) is 125 cm³/mol. The lowest BCUT2D eigenvalue weighted by molar-refractivity contribution is -0.145. The van der Waals surface area contributed by atoms with Crippen molar-refractivity contribution in [1.29, 1.82) is 0 Å². The number of carbonyl (C=O) groups excluding carboxylic acids is 1. The van der Waals surface area contributed by atoms with E-state index in [0.29, 0.717) is 29.3 Å². The molecule has 0 saturated carbocycles. The van der Waals surface area contributed by atoms with E-state index in [4.69, 9.17) is 16.3 Å². The molecule has 2 aromatic carbocycles. The van der Waals surface area contributed by atoms with Gasteiger partial charge in [0.25, 0.3) is 5.91 Å². The maximum absolute atomic E-state index is 13.3. The van der Waals surface area contributed by atoms with Crippen LogP contribution in [0.25, 0.3) is 10.8 Å². The number of rotatable bonds is 10. The van der Waals surface area contributed by atoms with Gasteiger partial charge < -0.3 is 15.2 Å². The Morgan fingerprint density at radius 1 is 1.12 bits per heavy atom. The van der Waals surface area contributed by atoms with Crippen LogP contribution in [0.2, 0.25) is 5.15 Å². The lowest BCUT2D eigenvalue weighted by Crippen LogP contribution is -2.54. The number of fused-ring (bicyclic) bond motifs is 1. The molecule has 0 aliphatic rings. The van der Waals surface area contributed by atoms with Crippen LogP contribution in [0.15, 0.2) is 54.7 Å². The van der Waals surface area contributed by atoms with Crippen molar-refractivity contribution >= 4 is 34.2 Å². The van der Waals surface area contributed by atoms with Crippen molar-refractivity contribution in [2.75, 3.05) is 0 Å². The summed E-state index contributed by atoms with van der Waals surface area (Å²) in [5.74, 6) is -1.10. The van der Waals surface area contributed by atoms with E-state index in [-0.39, 0.29) is 13.0 Å². The molecule has 32 heavy (non-hydrogen) atoms. The standard InChI is InChI=1S/C25H27ClN2O4/c1-3-5-14-25(4-2,24(30)31)28-23(29)20-12-11-18-8-6-7-9-19(18)22(20)32-16-17-10-13-21(26)27-15-17/h6-13,15H,3-5,14,16H2,1-2H3,(H,28,29)(H,30,31). The van der Waals surface area contributed by atoms with Crippen molar-refractivity contribution in [3.05, 3.63) is 71.0 Å². The Kier molecular flexibility index (Phi) is 7.70. The summed E-state index contributed by atoms with van der Waals surface area (Å²) in [5.41, 5.74) is -0.234. The van der Waals surface area contributed by atoms with Gasteiger partial charge in [0.05, 0.1) is 5.56 Å². The number of unbranched alkanes of at least 4 members (excludes halogenated alkanes) is 1. The minimum atomic E-state index is -1.32. The number of nitrogens with zero attached hydrogens (tertiary/aromatic N) is 1. The van der Waals surface area contributed by atoms with Gasteiger partial charge >= 0.3 is 5.97 Å². The van der Waals surface area contributed by atoms with E-state index in [0.717, 1.165) is 22.8 Å². The van der Waals surface area contributed by atoms with Gasteiger partial charge in [0.2, 0.25) is 0 Å². The highest BCUT2D eigenvalue weighted by Gasteiger charge is 2.38. The van der Waals surface area contributed by atoms with Crippen LogP contribution < -0.4 is 10.1 Å². The summed E-state index contributed by atoms with van der Waals surface area (Å²) in [7, 11) is 0. The number of aliphatic carboxylic acids is 1. The number of aromatic nitrogens is 1. The molecule has 1 aromatic heterocycles. The number of carboxylic acid groups (broad SMARTS) is 1. The molecule has 0 fully saturated rings. The summed E-state index contributed by atoms with van der Waals surface area (Å²) < 4.78 is 6.10. The van der Waals surface area contributed by atoms with Gasteiger partial charge in [0, 0.05) is 17.1 Å². The van der Waals surface area contributed by atoms with Crippen molar-refractivity contribution in [2.24, 2.45) is 0 Å². The Morgan fingerprint density at radius 2 is 1.91 bits per heavy atom. The Labute approximate surface area is 192 Å². The normalized spacial score (nSPS) is 12.8. The van der Waals surface area contributed by atoms with Gasteiger partial charge in [-0.05, 0) is 30.4 Å². The van der Waals surface area contributed by atoms with Crippen LogP contribution >= 0.6 is 11.6 Å². The molecule has 0 bridgehead atoms. The number of ether oxygens (including phenoxy) is 1. The van der Waals surface area contributed by atoms with Gasteiger partial charge in [-0.25, -0.2) is 9.78 Å². The molecule has 1 atom stereocenters. The van der Waals surface area contributed by atoms with E-state index >= 15 is 0 Å². The second-order valence-electron chi connectivity index (χ2n) is 7.74. The van der Waals surface area contributed by atoms with Crippen molar-refractivity contribution in [2.45, 2.75) is 51.7 Å². The first-order chi connectivity index (χ1) is 15.4. The van der Waals surface area contributed by atoms with E-state index in [1.807, 2.05) is 37.3 Å². The number of hydrogen-bond acceptors (Lipinski definition) is 4. The minimum Gasteiger partial charge on any atom is -0.487 e. The Morgan fingerprint density at radius 3 is 2.56 bits per heavy atom. The molecule has 0 spiro atoms. The van der Waals surface area contributed by atoms with Gasteiger partial charge in [-0.2, -0.15) is 0 Å². The van der Waals surface area contributed by atoms with Gasteiger partial charge in [0.15, 0.2) is 0 Å². The first-order valence-electron chi connectivity index (χ1n) is 10.7. The van der Waals surface area contributed by atoms with Crippen molar-refractivity contribution < 1.29 is 19.4 Å². The maximum Gasteiger partial charge on any atom is 0.329 e. The van der Waals surface area contributed by atoms with Crippen LogP contribution in [-0.4, -0.2) is 27.5 Å². The number of hydrogen-bond donors (Lipinski definition) is 2. The van der Waals surface area contributed by atoms with Gasteiger partial charge in [-0.15, -0.1) is 0 Å². The molecular formula is C25H27ClN2O4. The zero-order chi connectivity index (χ0) is 23.1. The second-order valence-corrected chi connectivity index (χ2v) is 8.13. The van der Waals surface area contributed by atoms with Crippen LogP contribution in [0.1, 0.15) is 55.5 Å². The number of pyridine rings is 1. The molecule has 1 amide bonds. The second kappa shape index (κ2) is 10.5. The number of benzene rings is 2. The highest BCUT2D eigenvalue weighted by molar-refractivity contribution is 6.29. The summed E-state index contributed by atoms with van der Waals surface area (Å²) >= 11 is 5.86. The van der Waals surface area contributed by atoms with Gasteiger partial charge in [-0.1, -0.05) is 74.7 Å². The summed E-state index contributed by atoms with van der Waals surface area (Å²) in [6.45, 7) is 3.95. The van der Waals surface area contributed by atoms with E-state index in [2.05, 4.69) is 10.3 Å². The van der Waals surface area contributed by atoms with Gasteiger partial charge in [0.1, 0.15) is 23.0 Å². The largest absolute Gasteiger partial charge is 0.487 e. The third-order valence-electron chi connectivity index (χ3n) is 5.62. The monoisotopic (exact) mass is 454 g/mol. The van der Waals surface area contributed by atoms with Crippen LogP contribution in [0.3, 0.4) is 0 Å². The average molecular weight is 455 g/mol. The molecule has 7 heteroatoms. The fourth-order valence-electron chi connectivity index (χ4n) is 3.63. The highest BCUT2D eigenvalue weighted by Crippen LogP contribution is 2.32. The van der Waals surface area contributed by atoms with Gasteiger partial charge in [-0.3, -0.25) is 4.79 Å². The molecule has 1 unspecified atom stereocenters. The molecule has 0 saturated heterocycles. The molecule has 0 radical (unpaired) electrons. The fraction of sp³-hybridized carbons (Fsp3) is 0.320. The topological polar surface area (TPSA) is 88.5 Å². The summed E-state index contributed by atoms with van der Waals surface area (Å²) in [5, 5.41) is 14.8. The average Bonchev–Trinajstić information content (AvgIpc) is 2.80. The molecule has 0 aliphatic heterocycles. The molecule has 168 valence electrons. The van der Waals surface area contributed by atoms with Crippen molar-refractivity contribution in [3.8, 4) is 5.75 Å². The molecule has 2 N–H and O–H groups in total. The molecule has 6 nitrogen and oxygen atoms in total. The molecule has 3 aromatic rings. The summed E-state index contributed by atoms with van der Waals surface area (Å²) in [4.78, 5) is 29.5. The van der Waals surface area contributed by atoms with Crippen LogP contribution in [-0.2, 0) is 11.4 Å². The number of carbonyl (C=O) groups is 2. The molecular weight excluding hydrogens is 428 g/mol. The highest BCUT2D eigenvalue weighted by atomic mass is 35.5. The van der Waals surface area contributed by atoms with Crippen molar-refractivity contribution in [3.63, 3.8) is 0 Å². The van der Waals surface area contributed by atoms with E-state index in [1.54, 1.807) is 31.3 Å². The Hall–Kier alpha value is -3.12. The first kappa shape index (κ1) is 23.5. The van der Waals surface area contributed by atoms with Crippen LogP contribution in [0, 0.1) is 0 Å².